The van der Waals surface area contributed by atoms with Gasteiger partial charge in [-0.05, 0) is 19.1 Å². The molecule has 0 aliphatic carbocycles. The van der Waals surface area contributed by atoms with Crippen molar-refractivity contribution in [1.29, 1.82) is 0 Å². The van der Waals surface area contributed by atoms with Gasteiger partial charge < -0.3 is 10.1 Å². The van der Waals surface area contributed by atoms with Crippen molar-refractivity contribution in [3.05, 3.63) is 22.5 Å². The van der Waals surface area contributed by atoms with Crippen LogP contribution in [0.25, 0.3) is 11.0 Å². The Labute approximate surface area is 103 Å². The number of aromatic nitrogens is 3. The van der Waals surface area contributed by atoms with Crippen molar-refractivity contribution in [1.82, 2.24) is 15.0 Å². The van der Waals surface area contributed by atoms with E-state index in [0.29, 0.717) is 11.3 Å². The minimum Gasteiger partial charge on any atom is -0.468 e. The van der Waals surface area contributed by atoms with E-state index in [2.05, 4.69) is 32.9 Å². The van der Waals surface area contributed by atoms with Gasteiger partial charge in [0.15, 0.2) is 5.52 Å². The number of hydrogen-bond acceptors (Lipinski definition) is 6. The first-order valence-corrected chi connectivity index (χ1v) is 5.51. The van der Waals surface area contributed by atoms with E-state index >= 15 is 0 Å². The molecule has 2 aromatic rings. The smallest absolute Gasteiger partial charge is 0.296 e. The fraction of sp³-hybridized carbons (Fsp3) is 0.300. The molecular formula is C10H12N4O2S. The number of pyridine rings is 1. The van der Waals surface area contributed by atoms with Gasteiger partial charge in [0.05, 0.1) is 12.5 Å². The van der Waals surface area contributed by atoms with Crippen LogP contribution in [0.15, 0.2) is 16.9 Å². The summed E-state index contributed by atoms with van der Waals surface area (Å²) < 4.78 is 4.88. The summed E-state index contributed by atoms with van der Waals surface area (Å²) in [4.78, 5) is 22.4. The highest BCUT2D eigenvalue weighted by molar-refractivity contribution is 7.81. The molecule has 2 heterocycles. The van der Waals surface area contributed by atoms with Gasteiger partial charge in [0.1, 0.15) is 11.3 Å². The number of nitrogens with zero attached hydrogens (tertiary/aromatic N) is 2. The summed E-state index contributed by atoms with van der Waals surface area (Å²) in [6, 6.07) is 3.62. The predicted molar refractivity (Wildman–Crippen MR) is 68.8 cm³/mol. The molecular weight excluding hydrogens is 240 g/mol. The van der Waals surface area contributed by atoms with Crippen molar-refractivity contribution in [3.63, 3.8) is 0 Å². The van der Waals surface area contributed by atoms with Gasteiger partial charge >= 0.3 is 0 Å². The molecule has 2 aromatic heterocycles. The first-order valence-electron chi connectivity index (χ1n) is 5.00. The van der Waals surface area contributed by atoms with Gasteiger partial charge in [-0.1, -0.05) is 0 Å². The Morgan fingerprint density at radius 1 is 1.47 bits per heavy atom. The lowest BCUT2D eigenvalue weighted by Crippen LogP contribution is -2.13. The number of hydrogen-bond donors (Lipinski definition) is 3. The number of H-pyrrole nitrogens is 1. The van der Waals surface area contributed by atoms with Crippen molar-refractivity contribution < 1.29 is 4.74 Å². The molecule has 0 bridgehead atoms. The molecule has 7 heteroatoms. The maximum absolute atomic E-state index is 11.7. The Balaban J connectivity index is 2.55. The second-order valence-corrected chi connectivity index (χ2v) is 4.23. The van der Waals surface area contributed by atoms with Gasteiger partial charge in [-0.15, -0.1) is 0 Å². The standard InChI is InChI=1S/C10H12N4O2S/c1-5(17)11-7-4-3-6-8(13-7)9(15)14-10(12-6)16-2/h3-5,17H,1-2H3,(H,11,13)(H,12,14,15). The molecule has 17 heavy (non-hydrogen) atoms. The predicted octanol–water partition coefficient (Wildman–Crippen LogP) is 1.01. The lowest BCUT2D eigenvalue weighted by atomic mass is 10.3. The van der Waals surface area contributed by atoms with Gasteiger partial charge in [0.2, 0.25) is 0 Å². The van der Waals surface area contributed by atoms with Gasteiger partial charge in [0.25, 0.3) is 11.6 Å². The first-order chi connectivity index (χ1) is 8.10. The molecule has 2 N–H and O–H groups in total. The highest BCUT2D eigenvalue weighted by atomic mass is 32.1. The van der Waals surface area contributed by atoms with E-state index in [1.807, 2.05) is 6.92 Å². The zero-order valence-corrected chi connectivity index (χ0v) is 10.3. The minimum atomic E-state index is -0.331. The fourth-order valence-corrected chi connectivity index (χ4v) is 1.53. The Hall–Kier alpha value is -1.76. The van der Waals surface area contributed by atoms with Crippen molar-refractivity contribution in [2.24, 2.45) is 0 Å². The zero-order valence-electron chi connectivity index (χ0n) is 9.39. The van der Waals surface area contributed by atoms with E-state index in [1.54, 1.807) is 12.1 Å². The van der Waals surface area contributed by atoms with E-state index in [0.717, 1.165) is 0 Å². The lowest BCUT2D eigenvalue weighted by Gasteiger charge is -2.08. The third-order valence-electron chi connectivity index (χ3n) is 2.08. The average molecular weight is 252 g/mol. The van der Waals surface area contributed by atoms with E-state index in [4.69, 9.17) is 4.74 Å². The molecule has 2 rings (SSSR count). The first kappa shape index (κ1) is 11.7. The largest absolute Gasteiger partial charge is 0.468 e. The topological polar surface area (TPSA) is 79.9 Å². The molecule has 0 aliphatic heterocycles. The molecule has 1 atom stereocenters. The van der Waals surface area contributed by atoms with Crippen LogP contribution in [0.3, 0.4) is 0 Å². The highest BCUT2D eigenvalue weighted by Crippen LogP contribution is 2.13. The summed E-state index contributed by atoms with van der Waals surface area (Å²) in [5.41, 5.74) is 0.426. The number of thiol groups is 1. The van der Waals surface area contributed by atoms with Crippen LogP contribution in [-0.4, -0.2) is 27.4 Å². The van der Waals surface area contributed by atoms with Crippen molar-refractivity contribution in [3.8, 4) is 6.01 Å². The van der Waals surface area contributed by atoms with E-state index in [9.17, 15) is 4.79 Å². The lowest BCUT2D eigenvalue weighted by molar-refractivity contribution is 0.380. The SMILES string of the molecule is COc1nc2ccc(NC(C)S)nc2c(=O)[nH]1. The van der Waals surface area contributed by atoms with Crippen LogP contribution in [-0.2, 0) is 0 Å². The second kappa shape index (κ2) is 4.62. The molecule has 1 unspecified atom stereocenters. The van der Waals surface area contributed by atoms with Crippen molar-refractivity contribution in [2.75, 3.05) is 12.4 Å². The van der Waals surface area contributed by atoms with Gasteiger partial charge in [0, 0.05) is 0 Å². The van der Waals surface area contributed by atoms with Crippen LogP contribution in [0, 0.1) is 0 Å². The van der Waals surface area contributed by atoms with Crippen LogP contribution in [0.2, 0.25) is 0 Å². The molecule has 0 saturated heterocycles. The highest BCUT2D eigenvalue weighted by Gasteiger charge is 2.07. The molecule has 0 spiro atoms. The molecule has 0 fully saturated rings. The fourth-order valence-electron chi connectivity index (χ4n) is 1.39. The molecule has 0 aliphatic rings. The van der Waals surface area contributed by atoms with Crippen LogP contribution >= 0.6 is 12.6 Å². The quantitative estimate of drug-likeness (QED) is 0.561. The number of fused-ring (bicyclic) bond motifs is 1. The number of aromatic amines is 1. The summed E-state index contributed by atoms with van der Waals surface area (Å²) >= 11 is 4.19. The number of anilines is 1. The number of nitrogens with one attached hydrogen (secondary N) is 2. The number of rotatable bonds is 3. The van der Waals surface area contributed by atoms with Crippen molar-refractivity contribution >= 4 is 29.5 Å². The van der Waals surface area contributed by atoms with Gasteiger partial charge in [-0.25, -0.2) is 4.98 Å². The van der Waals surface area contributed by atoms with Crippen molar-refractivity contribution in [2.45, 2.75) is 12.3 Å². The zero-order chi connectivity index (χ0) is 12.4. The molecule has 0 amide bonds. The Morgan fingerprint density at radius 3 is 2.88 bits per heavy atom. The van der Waals surface area contributed by atoms with E-state index < -0.39 is 0 Å². The Morgan fingerprint density at radius 2 is 2.24 bits per heavy atom. The van der Waals surface area contributed by atoms with Gasteiger partial charge in [-0.2, -0.15) is 17.6 Å². The van der Waals surface area contributed by atoms with E-state index in [1.165, 1.54) is 7.11 Å². The second-order valence-electron chi connectivity index (χ2n) is 3.46. The summed E-state index contributed by atoms with van der Waals surface area (Å²) in [7, 11) is 1.44. The van der Waals surface area contributed by atoms with Crippen LogP contribution in [0.4, 0.5) is 5.82 Å². The summed E-state index contributed by atoms with van der Waals surface area (Å²) in [6.07, 6.45) is 0. The van der Waals surface area contributed by atoms with Crippen LogP contribution in [0.1, 0.15) is 6.92 Å². The third-order valence-corrected chi connectivity index (χ3v) is 2.21. The Kier molecular flexibility index (Phi) is 3.19. The van der Waals surface area contributed by atoms with Gasteiger partial charge in [-0.3, -0.25) is 9.78 Å². The number of methoxy groups -OCH3 is 1. The van der Waals surface area contributed by atoms with Crippen LogP contribution in [0.5, 0.6) is 6.01 Å². The monoisotopic (exact) mass is 252 g/mol. The minimum absolute atomic E-state index is 0.0507. The normalized spacial score (nSPS) is 12.4. The molecule has 0 aromatic carbocycles. The summed E-state index contributed by atoms with van der Waals surface area (Å²) in [5, 5.41) is 2.94. The molecule has 0 saturated carbocycles. The molecule has 6 nitrogen and oxygen atoms in total. The summed E-state index contributed by atoms with van der Waals surface area (Å²) in [5.74, 6) is 0.581. The molecule has 90 valence electrons. The van der Waals surface area contributed by atoms with Crippen LogP contribution < -0.4 is 15.6 Å². The Bertz CT molecular complexity index is 596. The summed E-state index contributed by atoms with van der Waals surface area (Å²) in [6.45, 7) is 1.87. The molecule has 0 radical (unpaired) electrons. The maximum Gasteiger partial charge on any atom is 0.296 e. The maximum atomic E-state index is 11.7. The third kappa shape index (κ3) is 2.50. The average Bonchev–Trinajstić information content (AvgIpc) is 2.29. The number of ether oxygens (including phenoxy) is 1. The van der Waals surface area contributed by atoms with E-state index in [-0.39, 0.29) is 22.5 Å².